The molecule has 0 spiro atoms. The van der Waals surface area contributed by atoms with Crippen LogP contribution < -0.4 is 10.3 Å². The van der Waals surface area contributed by atoms with Crippen molar-refractivity contribution in [1.82, 2.24) is 9.47 Å². The van der Waals surface area contributed by atoms with Gasteiger partial charge < -0.3 is 14.2 Å². The molecule has 3 rings (SSSR count). The Kier molecular flexibility index (Phi) is 6.01. The largest absolute Gasteiger partial charge is 0.490 e. The number of pyridine rings is 1. The van der Waals surface area contributed by atoms with E-state index in [4.69, 9.17) is 16.3 Å². The molecule has 0 aliphatic carbocycles. The second-order valence-electron chi connectivity index (χ2n) is 6.76. The maximum atomic E-state index is 12.4. The summed E-state index contributed by atoms with van der Waals surface area (Å²) in [5.41, 5.74) is 1.72. The van der Waals surface area contributed by atoms with Crippen LogP contribution in [0.1, 0.15) is 24.1 Å². The number of aromatic nitrogens is 1. The number of benzene rings is 1. The summed E-state index contributed by atoms with van der Waals surface area (Å²) in [4.78, 5) is 26.0. The van der Waals surface area contributed by atoms with Crippen LogP contribution in [-0.2, 0) is 11.8 Å². The molecule has 5 nitrogen and oxygen atoms in total. The standard InChI is InChI=1S/C21H23ClN2O3/c1-15-13-19(14-21(26)23(15)2)27-18-9-11-24(12-10-18)20(25)8-5-16-3-6-17(22)7-4-16/h3-8,13-14,18H,9-12H2,1-2H3/b8-5+. The van der Waals surface area contributed by atoms with Gasteiger partial charge in [0.15, 0.2) is 0 Å². The van der Waals surface area contributed by atoms with Gasteiger partial charge in [-0.1, -0.05) is 23.7 Å². The van der Waals surface area contributed by atoms with Gasteiger partial charge >= 0.3 is 0 Å². The Balaban J connectivity index is 1.53. The molecule has 1 aliphatic rings. The lowest BCUT2D eigenvalue weighted by atomic mass is 10.1. The lowest BCUT2D eigenvalue weighted by Gasteiger charge is -2.31. The van der Waals surface area contributed by atoms with Gasteiger partial charge in [-0.15, -0.1) is 0 Å². The van der Waals surface area contributed by atoms with Crippen LogP contribution in [-0.4, -0.2) is 34.6 Å². The van der Waals surface area contributed by atoms with Gasteiger partial charge in [0.25, 0.3) is 5.56 Å². The molecule has 0 bridgehead atoms. The van der Waals surface area contributed by atoms with E-state index >= 15 is 0 Å². The smallest absolute Gasteiger partial charge is 0.254 e. The minimum Gasteiger partial charge on any atom is -0.490 e. The summed E-state index contributed by atoms with van der Waals surface area (Å²) in [7, 11) is 1.74. The molecule has 6 heteroatoms. The zero-order valence-corrected chi connectivity index (χ0v) is 16.3. The van der Waals surface area contributed by atoms with Gasteiger partial charge in [-0.05, 0) is 36.8 Å². The molecule has 2 aromatic rings. The molecule has 1 aromatic carbocycles. The number of hydrogen-bond donors (Lipinski definition) is 0. The third-order valence-corrected chi connectivity index (χ3v) is 5.07. The molecule has 1 aromatic heterocycles. The molecule has 0 atom stereocenters. The molecule has 0 radical (unpaired) electrons. The van der Waals surface area contributed by atoms with Crippen molar-refractivity contribution in [3.63, 3.8) is 0 Å². The highest BCUT2D eigenvalue weighted by molar-refractivity contribution is 6.30. The Morgan fingerprint density at radius 1 is 1.19 bits per heavy atom. The first-order valence-corrected chi connectivity index (χ1v) is 9.37. The van der Waals surface area contributed by atoms with E-state index in [9.17, 15) is 9.59 Å². The van der Waals surface area contributed by atoms with Gasteiger partial charge in [0.05, 0.1) is 0 Å². The van der Waals surface area contributed by atoms with Crippen LogP contribution in [0.15, 0.2) is 47.3 Å². The van der Waals surface area contributed by atoms with Crippen LogP contribution in [0.5, 0.6) is 5.75 Å². The highest BCUT2D eigenvalue weighted by atomic mass is 35.5. The molecule has 1 aliphatic heterocycles. The van der Waals surface area contributed by atoms with E-state index in [0.717, 1.165) is 24.1 Å². The Labute approximate surface area is 163 Å². The minimum atomic E-state index is -0.0787. The van der Waals surface area contributed by atoms with Crippen LogP contribution in [0.2, 0.25) is 5.02 Å². The maximum absolute atomic E-state index is 12.4. The second-order valence-corrected chi connectivity index (χ2v) is 7.19. The minimum absolute atomic E-state index is 0.00664. The molecule has 2 heterocycles. The van der Waals surface area contributed by atoms with Gasteiger partial charge in [0, 0.05) is 55.8 Å². The number of amides is 1. The van der Waals surface area contributed by atoms with Crippen molar-refractivity contribution in [2.24, 2.45) is 7.05 Å². The first-order valence-electron chi connectivity index (χ1n) is 8.99. The van der Waals surface area contributed by atoms with E-state index in [1.807, 2.05) is 30.0 Å². The second kappa shape index (κ2) is 8.44. The average molecular weight is 387 g/mol. The van der Waals surface area contributed by atoms with Crippen LogP contribution in [0.4, 0.5) is 0 Å². The molecule has 0 unspecified atom stereocenters. The van der Waals surface area contributed by atoms with Crippen molar-refractivity contribution in [2.45, 2.75) is 25.9 Å². The quantitative estimate of drug-likeness (QED) is 0.756. The van der Waals surface area contributed by atoms with E-state index in [0.29, 0.717) is 23.9 Å². The number of carbonyl (C=O) groups is 1. The predicted octanol–water partition coefficient (Wildman–Crippen LogP) is 3.43. The van der Waals surface area contributed by atoms with E-state index in [1.54, 1.807) is 35.9 Å². The number of nitrogens with zero attached hydrogens (tertiary/aromatic N) is 2. The van der Waals surface area contributed by atoms with Crippen LogP contribution >= 0.6 is 11.6 Å². The summed E-state index contributed by atoms with van der Waals surface area (Å²) in [5.74, 6) is 0.593. The Bertz CT molecular complexity index is 895. The van der Waals surface area contributed by atoms with Crippen molar-refractivity contribution >= 4 is 23.6 Å². The number of aryl methyl sites for hydroxylation is 1. The molecule has 0 saturated carbocycles. The van der Waals surface area contributed by atoms with Crippen LogP contribution in [0, 0.1) is 6.92 Å². The molecule has 1 fully saturated rings. The Morgan fingerprint density at radius 2 is 1.85 bits per heavy atom. The summed E-state index contributed by atoms with van der Waals surface area (Å²) in [6, 6.07) is 10.7. The topological polar surface area (TPSA) is 51.5 Å². The third-order valence-electron chi connectivity index (χ3n) is 4.82. The summed E-state index contributed by atoms with van der Waals surface area (Å²) >= 11 is 5.86. The molecule has 0 N–H and O–H groups in total. The van der Waals surface area contributed by atoms with Crippen LogP contribution in [0.3, 0.4) is 0 Å². The Morgan fingerprint density at radius 3 is 2.48 bits per heavy atom. The van der Waals surface area contributed by atoms with E-state index in [1.165, 1.54) is 6.07 Å². The van der Waals surface area contributed by atoms with Crippen molar-refractivity contribution in [1.29, 1.82) is 0 Å². The fourth-order valence-electron chi connectivity index (χ4n) is 3.04. The zero-order valence-electron chi connectivity index (χ0n) is 15.5. The Hall–Kier alpha value is -2.53. The van der Waals surface area contributed by atoms with Gasteiger partial charge in [0.2, 0.25) is 5.91 Å². The fourth-order valence-corrected chi connectivity index (χ4v) is 3.16. The summed E-state index contributed by atoms with van der Waals surface area (Å²) in [6.45, 7) is 3.15. The number of piperidine rings is 1. The lowest BCUT2D eigenvalue weighted by molar-refractivity contribution is -0.127. The summed E-state index contributed by atoms with van der Waals surface area (Å²) < 4.78 is 7.54. The molecular weight excluding hydrogens is 364 g/mol. The SMILES string of the molecule is Cc1cc(OC2CCN(C(=O)/C=C/c3ccc(Cl)cc3)CC2)cc(=O)n1C. The fraction of sp³-hybridized carbons (Fsp3) is 0.333. The molecule has 1 saturated heterocycles. The normalized spacial score (nSPS) is 15.3. The van der Waals surface area contributed by atoms with Crippen LogP contribution in [0.25, 0.3) is 6.08 Å². The number of halogens is 1. The maximum Gasteiger partial charge on any atom is 0.254 e. The highest BCUT2D eigenvalue weighted by Crippen LogP contribution is 2.19. The molecule has 27 heavy (non-hydrogen) atoms. The molecule has 1 amide bonds. The monoisotopic (exact) mass is 386 g/mol. The number of ether oxygens (including phenoxy) is 1. The highest BCUT2D eigenvalue weighted by Gasteiger charge is 2.23. The van der Waals surface area contributed by atoms with Gasteiger partial charge in [-0.25, -0.2) is 0 Å². The summed E-state index contributed by atoms with van der Waals surface area (Å²) in [5, 5.41) is 0.673. The van der Waals surface area contributed by atoms with E-state index in [2.05, 4.69) is 0 Å². The van der Waals surface area contributed by atoms with Gasteiger partial charge in [0.1, 0.15) is 11.9 Å². The predicted molar refractivity (Wildman–Crippen MR) is 107 cm³/mol. The van der Waals surface area contributed by atoms with Crippen molar-refractivity contribution in [2.75, 3.05) is 13.1 Å². The number of hydrogen-bond acceptors (Lipinski definition) is 3. The van der Waals surface area contributed by atoms with Crippen molar-refractivity contribution in [3.05, 3.63) is 69.1 Å². The number of carbonyl (C=O) groups excluding carboxylic acids is 1. The van der Waals surface area contributed by atoms with E-state index < -0.39 is 0 Å². The number of rotatable bonds is 4. The third kappa shape index (κ3) is 5.01. The van der Waals surface area contributed by atoms with E-state index in [-0.39, 0.29) is 17.6 Å². The first-order chi connectivity index (χ1) is 12.9. The number of likely N-dealkylation sites (tertiary alicyclic amines) is 1. The van der Waals surface area contributed by atoms with Crippen molar-refractivity contribution in [3.8, 4) is 5.75 Å². The lowest BCUT2D eigenvalue weighted by Crippen LogP contribution is -2.41. The molecule has 142 valence electrons. The first kappa shape index (κ1) is 19.2. The van der Waals surface area contributed by atoms with Gasteiger partial charge in [-0.2, -0.15) is 0 Å². The van der Waals surface area contributed by atoms with Gasteiger partial charge in [-0.3, -0.25) is 9.59 Å². The van der Waals surface area contributed by atoms with Crippen molar-refractivity contribution < 1.29 is 9.53 Å². The summed E-state index contributed by atoms with van der Waals surface area (Å²) in [6.07, 6.45) is 4.89. The molecular formula is C21H23ClN2O3. The zero-order chi connectivity index (χ0) is 19.4. The average Bonchev–Trinajstić information content (AvgIpc) is 2.66.